The lowest BCUT2D eigenvalue weighted by Gasteiger charge is -2.46. The number of halogens is 1. The van der Waals surface area contributed by atoms with Gasteiger partial charge >= 0.3 is 0 Å². The second-order valence-corrected chi connectivity index (χ2v) is 7.30. The van der Waals surface area contributed by atoms with Crippen molar-refractivity contribution in [1.29, 1.82) is 0 Å². The van der Waals surface area contributed by atoms with Crippen molar-refractivity contribution < 1.29 is 9.18 Å². The number of hydrogen-bond acceptors (Lipinski definition) is 2. The first-order chi connectivity index (χ1) is 12.5. The number of carbonyl (C=O) groups excluding carboxylic acids is 1. The second kappa shape index (κ2) is 8.00. The number of nitrogens with zero attached hydrogens (tertiary/aromatic N) is 2. The quantitative estimate of drug-likeness (QED) is 0.814. The zero-order valence-electron chi connectivity index (χ0n) is 15.6. The highest BCUT2D eigenvalue weighted by Crippen LogP contribution is 2.37. The molecule has 0 unspecified atom stereocenters. The maximum atomic E-state index is 13.3. The number of carbonyl (C=O) groups is 1. The van der Waals surface area contributed by atoms with Gasteiger partial charge in [-0.1, -0.05) is 42.5 Å². The van der Waals surface area contributed by atoms with Gasteiger partial charge in [0.05, 0.1) is 0 Å². The first-order valence-electron chi connectivity index (χ1n) is 9.26. The van der Waals surface area contributed by atoms with Crippen molar-refractivity contribution in [3.8, 4) is 0 Å². The lowest BCUT2D eigenvalue weighted by molar-refractivity contribution is -0.133. The Bertz CT molecular complexity index is 720. The van der Waals surface area contributed by atoms with Crippen LogP contribution in [-0.4, -0.2) is 42.9 Å². The van der Waals surface area contributed by atoms with Crippen LogP contribution in [0, 0.1) is 5.82 Å². The Morgan fingerprint density at radius 1 is 1.04 bits per heavy atom. The lowest BCUT2D eigenvalue weighted by atomic mass is 9.79. The molecule has 0 radical (unpaired) electrons. The number of benzene rings is 2. The number of aryl methyl sites for hydroxylation is 1. The number of likely N-dealkylation sites (tertiary alicyclic amines) is 1. The maximum Gasteiger partial charge on any atom is 0.222 e. The van der Waals surface area contributed by atoms with Crippen molar-refractivity contribution >= 4 is 5.91 Å². The topological polar surface area (TPSA) is 23.6 Å². The predicted molar refractivity (Wildman–Crippen MR) is 102 cm³/mol. The molecule has 0 aromatic heterocycles. The monoisotopic (exact) mass is 354 g/mol. The average Bonchev–Trinajstić information content (AvgIpc) is 2.67. The molecule has 3 rings (SSSR count). The molecule has 1 aliphatic rings. The zero-order valence-corrected chi connectivity index (χ0v) is 15.6. The molecule has 1 saturated heterocycles. The molecule has 1 aliphatic heterocycles. The van der Waals surface area contributed by atoms with Gasteiger partial charge in [0.15, 0.2) is 0 Å². The third kappa shape index (κ3) is 3.96. The summed E-state index contributed by atoms with van der Waals surface area (Å²) in [6.45, 7) is 1.48. The van der Waals surface area contributed by atoms with Crippen LogP contribution in [0.2, 0.25) is 0 Å². The Kier molecular flexibility index (Phi) is 5.72. The van der Waals surface area contributed by atoms with Crippen molar-refractivity contribution in [3.63, 3.8) is 0 Å². The van der Waals surface area contributed by atoms with E-state index in [0.717, 1.165) is 37.9 Å². The van der Waals surface area contributed by atoms with Gasteiger partial charge in [-0.2, -0.15) is 0 Å². The van der Waals surface area contributed by atoms with E-state index in [-0.39, 0.29) is 17.3 Å². The lowest BCUT2D eigenvalue weighted by Crippen LogP contribution is -2.51. The van der Waals surface area contributed by atoms with Crippen molar-refractivity contribution in [2.24, 2.45) is 0 Å². The molecular formula is C22H27FN2O. The summed E-state index contributed by atoms with van der Waals surface area (Å²) >= 11 is 0. The smallest absolute Gasteiger partial charge is 0.222 e. The molecular weight excluding hydrogens is 327 g/mol. The van der Waals surface area contributed by atoms with Gasteiger partial charge in [-0.05, 0) is 56.6 Å². The van der Waals surface area contributed by atoms with Crippen LogP contribution >= 0.6 is 0 Å². The Balaban J connectivity index is 1.62. The minimum Gasteiger partial charge on any atom is -0.343 e. The van der Waals surface area contributed by atoms with Crippen LogP contribution in [0.25, 0.3) is 0 Å². The van der Waals surface area contributed by atoms with E-state index in [9.17, 15) is 9.18 Å². The molecule has 0 aliphatic carbocycles. The summed E-state index contributed by atoms with van der Waals surface area (Å²) in [5, 5.41) is 0. The summed E-state index contributed by atoms with van der Waals surface area (Å²) in [6.07, 6.45) is 3.06. The third-order valence-corrected chi connectivity index (χ3v) is 5.65. The van der Waals surface area contributed by atoms with Crippen molar-refractivity contribution in [2.75, 3.05) is 27.2 Å². The Morgan fingerprint density at radius 3 is 2.23 bits per heavy atom. The maximum absolute atomic E-state index is 13.3. The highest BCUT2D eigenvalue weighted by Gasteiger charge is 2.39. The number of rotatable bonds is 5. The normalized spacial score (nSPS) is 16.7. The zero-order chi connectivity index (χ0) is 18.6. The first-order valence-corrected chi connectivity index (χ1v) is 9.26. The number of amides is 1. The minimum atomic E-state index is -0.212. The van der Waals surface area contributed by atoms with E-state index in [1.165, 1.54) is 17.7 Å². The molecule has 0 saturated carbocycles. The molecule has 0 N–H and O–H groups in total. The molecule has 0 spiro atoms. The van der Waals surface area contributed by atoms with Gasteiger partial charge in [-0.25, -0.2) is 4.39 Å². The largest absolute Gasteiger partial charge is 0.343 e. The van der Waals surface area contributed by atoms with E-state index in [0.29, 0.717) is 6.42 Å². The molecule has 3 nitrogen and oxygen atoms in total. The van der Waals surface area contributed by atoms with Gasteiger partial charge in [0.25, 0.3) is 0 Å². The minimum absolute atomic E-state index is 0.135. The van der Waals surface area contributed by atoms with Gasteiger partial charge in [0.1, 0.15) is 5.82 Å². The molecule has 0 atom stereocenters. The van der Waals surface area contributed by atoms with E-state index in [4.69, 9.17) is 0 Å². The van der Waals surface area contributed by atoms with E-state index >= 15 is 0 Å². The summed E-state index contributed by atoms with van der Waals surface area (Å²) in [6, 6.07) is 16.9. The Hall–Kier alpha value is -2.20. The molecule has 0 bridgehead atoms. The van der Waals surface area contributed by atoms with Crippen LogP contribution < -0.4 is 0 Å². The highest BCUT2D eigenvalue weighted by molar-refractivity contribution is 5.76. The molecule has 2 aromatic rings. The molecule has 138 valence electrons. The van der Waals surface area contributed by atoms with Crippen LogP contribution in [0.5, 0.6) is 0 Å². The standard InChI is InChI=1S/C22H27FN2O/c1-24(2)22(19-9-11-20(23)12-10-19)14-16-25(17-15-22)21(26)13-8-18-6-4-3-5-7-18/h3-7,9-12H,8,13-17H2,1-2H3. The number of hydrogen-bond donors (Lipinski definition) is 0. The summed E-state index contributed by atoms with van der Waals surface area (Å²) in [4.78, 5) is 16.8. The summed E-state index contributed by atoms with van der Waals surface area (Å²) in [7, 11) is 4.13. The summed E-state index contributed by atoms with van der Waals surface area (Å²) in [5.74, 6) is 0.0106. The van der Waals surface area contributed by atoms with Crippen LogP contribution in [0.1, 0.15) is 30.4 Å². The van der Waals surface area contributed by atoms with Crippen LogP contribution in [-0.2, 0) is 16.8 Å². The fourth-order valence-electron chi connectivity index (χ4n) is 3.93. The molecule has 2 aromatic carbocycles. The van der Waals surface area contributed by atoms with Crippen LogP contribution in [0.4, 0.5) is 4.39 Å². The van der Waals surface area contributed by atoms with Gasteiger partial charge in [0, 0.05) is 25.0 Å². The summed E-state index contributed by atoms with van der Waals surface area (Å²) < 4.78 is 13.3. The van der Waals surface area contributed by atoms with Crippen molar-refractivity contribution in [1.82, 2.24) is 9.80 Å². The Morgan fingerprint density at radius 2 is 1.65 bits per heavy atom. The van der Waals surface area contributed by atoms with Crippen LogP contribution in [0.3, 0.4) is 0 Å². The van der Waals surface area contributed by atoms with Crippen molar-refractivity contribution in [2.45, 2.75) is 31.2 Å². The van der Waals surface area contributed by atoms with E-state index < -0.39 is 0 Å². The molecule has 1 fully saturated rings. The highest BCUT2D eigenvalue weighted by atomic mass is 19.1. The van der Waals surface area contributed by atoms with E-state index in [1.807, 2.05) is 35.2 Å². The van der Waals surface area contributed by atoms with Gasteiger partial charge < -0.3 is 4.90 Å². The molecule has 4 heteroatoms. The molecule has 1 heterocycles. The predicted octanol–water partition coefficient (Wildman–Crippen LogP) is 3.84. The van der Waals surface area contributed by atoms with Gasteiger partial charge in [-0.15, -0.1) is 0 Å². The fraction of sp³-hybridized carbons (Fsp3) is 0.409. The van der Waals surface area contributed by atoms with E-state index in [1.54, 1.807) is 0 Å². The van der Waals surface area contributed by atoms with E-state index in [2.05, 4.69) is 31.1 Å². The Labute approximate surface area is 155 Å². The first kappa shape index (κ1) is 18.6. The fourth-order valence-corrected chi connectivity index (χ4v) is 3.93. The molecule has 26 heavy (non-hydrogen) atoms. The van der Waals surface area contributed by atoms with Gasteiger partial charge in [0.2, 0.25) is 5.91 Å². The second-order valence-electron chi connectivity index (χ2n) is 7.30. The van der Waals surface area contributed by atoms with Crippen LogP contribution in [0.15, 0.2) is 54.6 Å². The molecule has 1 amide bonds. The van der Waals surface area contributed by atoms with Gasteiger partial charge in [-0.3, -0.25) is 9.69 Å². The number of piperidine rings is 1. The summed E-state index contributed by atoms with van der Waals surface area (Å²) in [5.41, 5.74) is 2.19. The van der Waals surface area contributed by atoms with Crippen molar-refractivity contribution in [3.05, 3.63) is 71.5 Å². The SMILES string of the molecule is CN(C)C1(c2ccc(F)cc2)CCN(C(=O)CCc2ccccc2)CC1. The third-order valence-electron chi connectivity index (χ3n) is 5.65. The average molecular weight is 354 g/mol.